The normalized spacial score (nSPS) is 11.8. The Morgan fingerprint density at radius 1 is 0.971 bits per heavy atom. The standard InChI is InChI=1S/C28H26N2O3S/c1-34-21-11-8-19(9-12-21)6-7-20-10-13-24-23(18-20)26(29-14-16-32-17-15-31)28-27(30-24)22-4-2-3-5-25(22)33-28/h2-13,18,31H,14-17H2,1H3,(H,29,30)/b7-6+. The number of pyridine rings is 1. The summed E-state index contributed by atoms with van der Waals surface area (Å²) < 4.78 is 11.7. The molecule has 5 rings (SSSR count). The van der Waals surface area contributed by atoms with Gasteiger partial charge in [-0.05, 0) is 53.8 Å². The molecule has 3 aromatic carbocycles. The van der Waals surface area contributed by atoms with Crippen LogP contribution in [0.5, 0.6) is 0 Å². The Morgan fingerprint density at radius 2 is 1.76 bits per heavy atom. The number of hydrogen-bond acceptors (Lipinski definition) is 6. The number of fused-ring (bicyclic) bond motifs is 4. The van der Waals surface area contributed by atoms with Crippen molar-refractivity contribution in [3.8, 4) is 0 Å². The molecule has 0 amide bonds. The average molecular weight is 471 g/mol. The fraction of sp³-hybridized carbons (Fsp3) is 0.179. The quantitative estimate of drug-likeness (QED) is 0.147. The summed E-state index contributed by atoms with van der Waals surface area (Å²) in [5.74, 6) is 0. The summed E-state index contributed by atoms with van der Waals surface area (Å²) in [5, 5.41) is 14.4. The summed E-state index contributed by atoms with van der Waals surface area (Å²) in [6, 6.07) is 22.8. The van der Waals surface area contributed by atoms with Crippen LogP contribution in [0, 0.1) is 0 Å². The number of aliphatic hydroxyl groups excluding tert-OH is 1. The molecule has 2 aromatic heterocycles. The summed E-state index contributed by atoms with van der Waals surface area (Å²) in [6.45, 7) is 1.41. The van der Waals surface area contributed by atoms with Crippen LogP contribution in [0.25, 0.3) is 45.1 Å². The van der Waals surface area contributed by atoms with Gasteiger partial charge >= 0.3 is 0 Å². The molecule has 0 bridgehead atoms. The first-order chi connectivity index (χ1) is 16.8. The van der Waals surface area contributed by atoms with Crippen molar-refractivity contribution in [2.75, 3.05) is 37.9 Å². The van der Waals surface area contributed by atoms with Gasteiger partial charge in [-0.3, -0.25) is 0 Å². The number of hydrogen-bond donors (Lipinski definition) is 2. The zero-order valence-corrected chi connectivity index (χ0v) is 19.8. The Bertz CT molecular complexity index is 1460. The van der Waals surface area contributed by atoms with E-state index in [1.54, 1.807) is 11.8 Å². The molecule has 0 saturated heterocycles. The maximum Gasteiger partial charge on any atom is 0.177 e. The third kappa shape index (κ3) is 4.66. The number of aromatic nitrogens is 1. The molecule has 0 spiro atoms. The molecule has 2 heterocycles. The Balaban J connectivity index is 1.55. The minimum atomic E-state index is 0.0156. The first kappa shape index (κ1) is 22.5. The summed E-state index contributed by atoms with van der Waals surface area (Å²) >= 11 is 1.74. The fourth-order valence-corrected chi connectivity index (χ4v) is 4.42. The number of nitrogens with zero attached hydrogens (tertiary/aromatic N) is 1. The minimum Gasteiger partial charge on any atom is -0.452 e. The molecule has 0 unspecified atom stereocenters. The van der Waals surface area contributed by atoms with Crippen LogP contribution in [0.3, 0.4) is 0 Å². The van der Waals surface area contributed by atoms with Crippen LogP contribution in [0.15, 0.2) is 76.0 Å². The first-order valence-corrected chi connectivity index (χ1v) is 12.5. The van der Waals surface area contributed by atoms with Gasteiger partial charge in [0.05, 0.1) is 31.0 Å². The van der Waals surface area contributed by atoms with Crippen LogP contribution < -0.4 is 5.32 Å². The minimum absolute atomic E-state index is 0.0156. The van der Waals surface area contributed by atoms with E-state index in [1.807, 2.05) is 24.3 Å². The van der Waals surface area contributed by atoms with Gasteiger partial charge < -0.3 is 19.6 Å². The van der Waals surface area contributed by atoms with Crippen LogP contribution in [0.4, 0.5) is 5.69 Å². The lowest BCUT2D eigenvalue weighted by atomic mass is 10.1. The number of para-hydroxylation sites is 1. The van der Waals surface area contributed by atoms with Crippen molar-refractivity contribution in [1.29, 1.82) is 0 Å². The van der Waals surface area contributed by atoms with Crippen molar-refractivity contribution in [3.05, 3.63) is 77.9 Å². The fourth-order valence-electron chi connectivity index (χ4n) is 4.01. The lowest BCUT2D eigenvalue weighted by molar-refractivity contribution is 0.0992. The molecule has 0 aliphatic rings. The van der Waals surface area contributed by atoms with Crippen LogP contribution in [0.2, 0.25) is 0 Å². The number of nitrogens with one attached hydrogen (secondary N) is 1. The van der Waals surface area contributed by atoms with Crippen molar-refractivity contribution in [2.24, 2.45) is 0 Å². The van der Waals surface area contributed by atoms with E-state index >= 15 is 0 Å². The van der Waals surface area contributed by atoms with Crippen molar-refractivity contribution in [2.45, 2.75) is 4.90 Å². The largest absolute Gasteiger partial charge is 0.452 e. The van der Waals surface area contributed by atoms with Crippen LogP contribution in [0.1, 0.15) is 11.1 Å². The molecule has 0 atom stereocenters. The Labute approximate surface area is 202 Å². The van der Waals surface area contributed by atoms with Crippen LogP contribution in [-0.4, -0.2) is 42.7 Å². The van der Waals surface area contributed by atoms with E-state index in [2.05, 4.69) is 66.2 Å². The first-order valence-electron chi connectivity index (χ1n) is 11.3. The molecule has 34 heavy (non-hydrogen) atoms. The maximum atomic E-state index is 8.96. The third-order valence-corrected chi connectivity index (χ3v) is 6.43. The van der Waals surface area contributed by atoms with Crippen LogP contribution >= 0.6 is 11.8 Å². The monoisotopic (exact) mass is 470 g/mol. The van der Waals surface area contributed by atoms with Crippen molar-refractivity contribution < 1.29 is 14.3 Å². The highest BCUT2D eigenvalue weighted by atomic mass is 32.2. The number of rotatable bonds is 9. The van der Waals surface area contributed by atoms with Crippen molar-refractivity contribution in [1.82, 2.24) is 4.98 Å². The predicted octanol–water partition coefficient (Wildman–Crippen LogP) is 6.45. The highest BCUT2D eigenvalue weighted by Crippen LogP contribution is 2.37. The number of benzene rings is 3. The maximum absolute atomic E-state index is 8.96. The molecule has 0 aliphatic carbocycles. The summed E-state index contributed by atoms with van der Waals surface area (Å²) in [6.07, 6.45) is 6.32. The molecular weight excluding hydrogens is 444 g/mol. The number of anilines is 1. The SMILES string of the molecule is CSc1ccc(/C=C/c2ccc3nc4c(oc5ccccc54)c(NCCOCCO)c3c2)cc1. The second-order valence-corrected chi connectivity index (χ2v) is 8.79. The molecule has 2 N–H and O–H groups in total. The topological polar surface area (TPSA) is 67.5 Å². The smallest absolute Gasteiger partial charge is 0.177 e. The van der Waals surface area contributed by atoms with Gasteiger partial charge in [-0.25, -0.2) is 4.98 Å². The Kier molecular flexibility index (Phi) is 6.81. The van der Waals surface area contributed by atoms with E-state index < -0.39 is 0 Å². The van der Waals surface area contributed by atoms with Crippen LogP contribution in [-0.2, 0) is 4.74 Å². The second kappa shape index (κ2) is 10.3. The zero-order valence-electron chi connectivity index (χ0n) is 19.0. The van der Waals surface area contributed by atoms with E-state index in [9.17, 15) is 0 Å². The van der Waals surface area contributed by atoms with Gasteiger partial charge in [-0.1, -0.05) is 42.5 Å². The van der Waals surface area contributed by atoms with Gasteiger partial charge in [0.25, 0.3) is 0 Å². The molecule has 6 heteroatoms. The zero-order chi connectivity index (χ0) is 23.3. The second-order valence-electron chi connectivity index (χ2n) is 7.91. The van der Waals surface area contributed by atoms with Gasteiger partial charge in [0.15, 0.2) is 5.58 Å². The van der Waals surface area contributed by atoms with Crippen molar-refractivity contribution >= 4 is 62.6 Å². The molecule has 0 radical (unpaired) electrons. The third-order valence-electron chi connectivity index (χ3n) is 5.69. The lowest BCUT2D eigenvalue weighted by Gasteiger charge is -2.11. The number of aliphatic hydroxyl groups is 1. The molecular formula is C28H26N2O3S. The Morgan fingerprint density at radius 3 is 2.59 bits per heavy atom. The van der Waals surface area contributed by atoms with Gasteiger partial charge in [0.1, 0.15) is 11.1 Å². The van der Waals surface area contributed by atoms with Gasteiger partial charge in [-0.15, -0.1) is 11.8 Å². The highest BCUT2D eigenvalue weighted by Gasteiger charge is 2.16. The summed E-state index contributed by atoms with van der Waals surface area (Å²) in [5.41, 5.74) is 6.45. The van der Waals surface area contributed by atoms with Crippen molar-refractivity contribution in [3.63, 3.8) is 0 Å². The van der Waals surface area contributed by atoms with E-state index in [0.717, 1.165) is 49.8 Å². The molecule has 5 nitrogen and oxygen atoms in total. The van der Waals surface area contributed by atoms with E-state index in [1.165, 1.54) is 4.90 Å². The van der Waals surface area contributed by atoms with E-state index in [0.29, 0.717) is 19.8 Å². The highest BCUT2D eigenvalue weighted by molar-refractivity contribution is 7.98. The number of furan rings is 1. The Hall–Kier alpha value is -3.32. The summed E-state index contributed by atoms with van der Waals surface area (Å²) in [7, 11) is 0. The predicted molar refractivity (Wildman–Crippen MR) is 143 cm³/mol. The van der Waals surface area contributed by atoms with Gasteiger partial charge in [-0.2, -0.15) is 0 Å². The van der Waals surface area contributed by atoms with Gasteiger partial charge in [0.2, 0.25) is 0 Å². The van der Waals surface area contributed by atoms with E-state index in [-0.39, 0.29) is 6.61 Å². The molecule has 0 fully saturated rings. The summed E-state index contributed by atoms with van der Waals surface area (Å²) in [4.78, 5) is 6.19. The molecule has 172 valence electrons. The lowest BCUT2D eigenvalue weighted by Crippen LogP contribution is -2.11. The number of thioether (sulfide) groups is 1. The number of ether oxygens (including phenoxy) is 1. The molecule has 0 saturated carbocycles. The van der Waals surface area contributed by atoms with E-state index in [4.69, 9.17) is 19.2 Å². The molecule has 5 aromatic rings. The average Bonchev–Trinajstić information content (AvgIpc) is 3.25. The van der Waals surface area contributed by atoms with Gasteiger partial charge in [0, 0.05) is 22.2 Å². The molecule has 0 aliphatic heterocycles.